The summed E-state index contributed by atoms with van der Waals surface area (Å²) in [4.78, 5) is 13.9. The number of likely N-dealkylation sites (N-methyl/N-ethyl adjacent to an activating group) is 1. The Kier molecular flexibility index (Phi) is 6.83. The molecule has 0 radical (unpaired) electrons. The molecule has 1 aliphatic rings. The van der Waals surface area contributed by atoms with Crippen molar-refractivity contribution in [2.24, 2.45) is 0 Å². The fraction of sp³-hybridized carbons (Fsp3) is 0.350. The van der Waals surface area contributed by atoms with Crippen molar-refractivity contribution in [1.82, 2.24) is 9.21 Å². The molecule has 0 saturated carbocycles. The van der Waals surface area contributed by atoms with E-state index < -0.39 is 21.7 Å². The van der Waals surface area contributed by atoms with Gasteiger partial charge in [0.15, 0.2) is 0 Å². The van der Waals surface area contributed by atoms with E-state index in [1.54, 1.807) is 12.1 Å². The molecule has 1 saturated heterocycles. The summed E-state index contributed by atoms with van der Waals surface area (Å²) in [5.74, 6) is -0.719. The fourth-order valence-corrected chi connectivity index (χ4v) is 4.32. The van der Waals surface area contributed by atoms with Crippen LogP contribution in [-0.2, 0) is 14.8 Å². The average Bonchev–Trinajstić information content (AvgIpc) is 2.74. The van der Waals surface area contributed by atoms with E-state index in [0.717, 1.165) is 12.1 Å². The van der Waals surface area contributed by atoms with Crippen molar-refractivity contribution in [3.63, 3.8) is 0 Å². The molecule has 7 nitrogen and oxygen atoms in total. The predicted molar refractivity (Wildman–Crippen MR) is 105 cm³/mol. The Balaban J connectivity index is 1.70. The van der Waals surface area contributed by atoms with E-state index >= 15 is 0 Å². The average molecular weight is 422 g/mol. The molecule has 1 aliphatic heterocycles. The Morgan fingerprint density at radius 2 is 1.86 bits per heavy atom. The lowest BCUT2D eigenvalue weighted by atomic mass is 10.2. The first-order chi connectivity index (χ1) is 13.9. The Morgan fingerprint density at radius 1 is 1.17 bits per heavy atom. The number of benzene rings is 2. The fourth-order valence-electron chi connectivity index (χ4n) is 2.89. The van der Waals surface area contributed by atoms with Gasteiger partial charge in [-0.3, -0.25) is 4.79 Å². The van der Waals surface area contributed by atoms with Gasteiger partial charge in [-0.05, 0) is 30.3 Å². The van der Waals surface area contributed by atoms with Crippen LogP contribution in [0.5, 0.6) is 5.75 Å². The van der Waals surface area contributed by atoms with E-state index in [4.69, 9.17) is 9.47 Å². The molecule has 29 heavy (non-hydrogen) atoms. The zero-order valence-electron chi connectivity index (χ0n) is 16.1. The monoisotopic (exact) mass is 422 g/mol. The van der Waals surface area contributed by atoms with Crippen LogP contribution in [-0.4, -0.2) is 70.0 Å². The molecular weight excluding hydrogens is 399 g/mol. The highest BCUT2D eigenvalue weighted by molar-refractivity contribution is 7.89. The van der Waals surface area contributed by atoms with Crippen LogP contribution in [0.15, 0.2) is 53.4 Å². The van der Waals surface area contributed by atoms with E-state index in [9.17, 15) is 17.6 Å². The summed E-state index contributed by atoms with van der Waals surface area (Å²) in [7, 11) is -2.31. The van der Waals surface area contributed by atoms with E-state index in [0.29, 0.717) is 19.0 Å². The van der Waals surface area contributed by atoms with Crippen LogP contribution < -0.4 is 4.74 Å². The number of nitrogens with zero attached hydrogens (tertiary/aromatic N) is 2. The summed E-state index contributed by atoms with van der Waals surface area (Å²) >= 11 is 0. The van der Waals surface area contributed by atoms with Crippen molar-refractivity contribution in [2.45, 2.75) is 4.90 Å². The maximum absolute atomic E-state index is 14.3. The number of rotatable bonds is 7. The van der Waals surface area contributed by atoms with Gasteiger partial charge in [0, 0.05) is 20.1 Å². The van der Waals surface area contributed by atoms with Crippen molar-refractivity contribution >= 4 is 15.9 Å². The molecule has 0 unspecified atom stereocenters. The lowest BCUT2D eigenvalue weighted by molar-refractivity contribution is 0.0729. The third-order valence-electron chi connectivity index (χ3n) is 4.56. The molecule has 1 amide bonds. The number of carbonyl (C=O) groups excluding carboxylic acids is 1. The zero-order chi connectivity index (χ0) is 20.9. The number of halogens is 1. The van der Waals surface area contributed by atoms with Gasteiger partial charge in [0.05, 0.1) is 30.2 Å². The molecular formula is C20H23FN2O5S. The highest BCUT2D eigenvalue weighted by atomic mass is 32.2. The lowest BCUT2D eigenvalue weighted by Crippen LogP contribution is -2.40. The number of sulfonamides is 1. The summed E-state index contributed by atoms with van der Waals surface area (Å²) in [5.41, 5.74) is -0.290. The second-order valence-corrected chi connectivity index (χ2v) is 8.48. The van der Waals surface area contributed by atoms with Crippen molar-refractivity contribution in [1.29, 1.82) is 0 Å². The number of amides is 1. The highest BCUT2D eigenvalue weighted by Crippen LogP contribution is 2.21. The van der Waals surface area contributed by atoms with Crippen LogP contribution in [0, 0.1) is 5.82 Å². The first-order valence-corrected chi connectivity index (χ1v) is 10.6. The van der Waals surface area contributed by atoms with Crippen LogP contribution in [0.2, 0.25) is 0 Å². The predicted octanol–water partition coefficient (Wildman–Crippen LogP) is 2.00. The van der Waals surface area contributed by atoms with Gasteiger partial charge in [-0.25, -0.2) is 12.8 Å². The number of morpholine rings is 1. The molecule has 0 aliphatic carbocycles. The molecule has 1 fully saturated rings. The summed E-state index contributed by atoms with van der Waals surface area (Å²) in [5, 5.41) is 0. The highest BCUT2D eigenvalue weighted by Gasteiger charge is 2.28. The minimum atomic E-state index is -3.82. The molecule has 0 atom stereocenters. The maximum atomic E-state index is 14.3. The van der Waals surface area contributed by atoms with E-state index in [-0.39, 0.29) is 36.7 Å². The Hall–Kier alpha value is -2.49. The van der Waals surface area contributed by atoms with Gasteiger partial charge < -0.3 is 14.4 Å². The van der Waals surface area contributed by atoms with E-state index in [1.807, 2.05) is 18.2 Å². The van der Waals surface area contributed by atoms with Crippen LogP contribution in [0.4, 0.5) is 4.39 Å². The summed E-state index contributed by atoms with van der Waals surface area (Å²) in [6.45, 7) is 1.49. The lowest BCUT2D eigenvalue weighted by Gasteiger charge is -2.26. The molecule has 0 N–H and O–H groups in total. The van der Waals surface area contributed by atoms with Crippen molar-refractivity contribution < 1.29 is 27.1 Å². The molecule has 0 bridgehead atoms. The second-order valence-electron chi connectivity index (χ2n) is 6.55. The van der Waals surface area contributed by atoms with Crippen LogP contribution in [0.25, 0.3) is 0 Å². The van der Waals surface area contributed by atoms with Gasteiger partial charge in [-0.1, -0.05) is 18.2 Å². The number of hydrogen-bond donors (Lipinski definition) is 0. The minimum Gasteiger partial charge on any atom is -0.492 e. The Bertz CT molecular complexity index is 947. The molecule has 2 aromatic carbocycles. The molecule has 0 aromatic heterocycles. The van der Waals surface area contributed by atoms with Crippen LogP contribution in [0.3, 0.4) is 0 Å². The standard InChI is InChI=1S/C20H23FN2O5S/c1-22(9-14-28-16-5-3-2-4-6-16)20(24)18-15-17(7-8-19(18)21)29(25,26)23-10-12-27-13-11-23/h2-8,15H,9-14H2,1H3. The van der Waals surface area contributed by atoms with Gasteiger partial charge in [-0.2, -0.15) is 4.31 Å². The number of carbonyl (C=O) groups is 1. The molecule has 0 spiro atoms. The number of hydrogen-bond acceptors (Lipinski definition) is 5. The molecule has 156 valence electrons. The van der Waals surface area contributed by atoms with Crippen molar-refractivity contribution in [3.05, 3.63) is 59.9 Å². The summed E-state index contributed by atoms with van der Waals surface area (Å²) in [6.07, 6.45) is 0. The topological polar surface area (TPSA) is 76.2 Å². The van der Waals surface area contributed by atoms with Crippen molar-refractivity contribution in [2.75, 3.05) is 46.5 Å². The third-order valence-corrected chi connectivity index (χ3v) is 6.46. The van der Waals surface area contributed by atoms with Gasteiger partial charge in [0.1, 0.15) is 18.2 Å². The Labute approximate surface area is 169 Å². The normalized spacial score (nSPS) is 15.1. The van der Waals surface area contributed by atoms with Gasteiger partial charge in [-0.15, -0.1) is 0 Å². The first-order valence-electron chi connectivity index (χ1n) is 9.20. The molecule has 3 rings (SSSR count). The SMILES string of the molecule is CN(CCOc1ccccc1)C(=O)c1cc(S(=O)(=O)N2CCOCC2)ccc1F. The smallest absolute Gasteiger partial charge is 0.256 e. The van der Waals surface area contributed by atoms with Crippen LogP contribution >= 0.6 is 0 Å². The zero-order valence-corrected chi connectivity index (χ0v) is 16.9. The Morgan fingerprint density at radius 3 is 2.55 bits per heavy atom. The third kappa shape index (κ3) is 5.11. The molecule has 2 aromatic rings. The molecule has 9 heteroatoms. The first kappa shape index (κ1) is 21.2. The molecule has 1 heterocycles. The van der Waals surface area contributed by atoms with Gasteiger partial charge in [0.2, 0.25) is 10.0 Å². The number of para-hydroxylation sites is 1. The van der Waals surface area contributed by atoms with Gasteiger partial charge in [0.25, 0.3) is 5.91 Å². The summed E-state index contributed by atoms with van der Waals surface area (Å²) in [6, 6.07) is 12.4. The quantitative estimate of drug-likeness (QED) is 0.682. The maximum Gasteiger partial charge on any atom is 0.256 e. The van der Waals surface area contributed by atoms with Crippen LogP contribution in [0.1, 0.15) is 10.4 Å². The van der Waals surface area contributed by atoms with Crippen molar-refractivity contribution in [3.8, 4) is 5.75 Å². The van der Waals surface area contributed by atoms with Gasteiger partial charge >= 0.3 is 0 Å². The summed E-state index contributed by atoms with van der Waals surface area (Å²) < 4.78 is 51.8. The van der Waals surface area contributed by atoms with E-state index in [2.05, 4.69) is 0 Å². The minimum absolute atomic E-state index is 0.113. The largest absolute Gasteiger partial charge is 0.492 e. The van der Waals surface area contributed by atoms with E-state index in [1.165, 1.54) is 22.3 Å². The number of ether oxygens (including phenoxy) is 2. The second kappa shape index (κ2) is 9.34.